The maximum Gasteiger partial charge on any atom is 0.261 e. The molecule has 1 heterocycles. The standard InChI is InChI=1S/C23H29Cl2N3O3S/c1-23(2,3)28-12-4-11-27(13-14-28)22(29)15-17-5-7-18(8-6-17)26-32(30,31)19-9-10-20(24)21(25)16-19/h5-10,16,26H,4,11-15H2,1-3H3. The minimum atomic E-state index is -3.80. The molecule has 1 N–H and O–H groups in total. The van der Waals surface area contributed by atoms with E-state index < -0.39 is 10.0 Å². The largest absolute Gasteiger partial charge is 0.341 e. The Kier molecular flexibility index (Phi) is 7.76. The van der Waals surface area contributed by atoms with Gasteiger partial charge in [0.25, 0.3) is 10.0 Å². The highest BCUT2D eigenvalue weighted by molar-refractivity contribution is 7.92. The zero-order chi connectivity index (χ0) is 23.5. The minimum Gasteiger partial charge on any atom is -0.341 e. The predicted octanol–water partition coefficient (Wildman–Crippen LogP) is 4.67. The fourth-order valence-electron chi connectivity index (χ4n) is 3.67. The number of halogens is 2. The molecular weight excluding hydrogens is 469 g/mol. The molecule has 3 rings (SSSR count). The monoisotopic (exact) mass is 497 g/mol. The smallest absolute Gasteiger partial charge is 0.261 e. The van der Waals surface area contributed by atoms with Gasteiger partial charge >= 0.3 is 0 Å². The van der Waals surface area contributed by atoms with E-state index in [1.54, 1.807) is 24.3 Å². The fraction of sp³-hybridized carbons (Fsp3) is 0.435. The van der Waals surface area contributed by atoms with Crippen LogP contribution in [0.1, 0.15) is 32.8 Å². The van der Waals surface area contributed by atoms with Crippen LogP contribution in [-0.4, -0.2) is 55.8 Å². The summed E-state index contributed by atoms with van der Waals surface area (Å²) in [7, 11) is -3.80. The Balaban J connectivity index is 1.61. The molecule has 0 aromatic heterocycles. The average molecular weight is 498 g/mol. The lowest BCUT2D eigenvalue weighted by atomic mass is 10.1. The van der Waals surface area contributed by atoms with Crippen molar-refractivity contribution in [2.24, 2.45) is 0 Å². The third-order valence-corrected chi connectivity index (χ3v) is 7.68. The van der Waals surface area contributed by atoms with Crippen molar-refractivity contribution in [3.05, 3.63) is 58.1 Å². The van der Waals surface area contributed by atoms with Gasteiger partial charge in [0.2, 0.25) is 5.91 Å². The molecule has 9 heteroatoms. The molecule has 32 heavy (non-hydrogen) atoms. The maximum atomic E-state index is 12.8. The van der Waals surface area contributed by atoms with Crippen molar-refractivity contribution in [1.82, 2.24) is 9.80 Å². The Morgan fingerprint density at radius 2 is 1.66 bits per heavy atom. The van der Waals surface area contributed by atoms with Gasteiger partial charge in [-0.05, 0) is 63.1 Å². The molecule has 0 spiro atoms. The summed E-state index contributed by atoms with van der Waals surface area (Å²) in [6.45, 7) is 9.92. The number of hydrogen-bond donors (Lipinski definition) is 1. The Morgan fingerprint density at radius 3 is 2.28 bits per heavy atom. The topological polar surface area (TPSA) is 69.7 Å². The number of sulfonamides is 1. The zero-order valence-corrected chi connectivity index (χ0v) is 20.9. The lowest BCUT2D eigenvalue weighted by Gasteiger charge is -2.34. The highest BCUT2D eigenvalue weighted by Crippen LogP contribution is 2.26. The van der Waals surface area contributed by atoms with E-state index in [1.807, 2.05) is 4.90 Å². The fourth-order valence-corrected chi connectivity index (χ4v) is 5.12. The highest BCUT2D eigenvalue weighted by atomic mass is 35.5. The van der Waals surface area contributed by atoms with Crippen molar-refractivity contribution in [3.8, 4) is 0 Å². The number of amides is 1. The van der Waals surface area contributed by atoms with Crippen LogP contribution >= 0.6 is 23.2 Å². The molecule has 0 atom stereocenters. The SMILES string of the molecule is CC(C)(C)N1CCCN(C(=O)Cc2ccc(NS(=O)(=O)c3ccc(Cl)c(Cl)c3)cc2)CC1. The van der Waals surface area contributed by atoms with Crippen LogP contribution in [0.15, 0.2) is 47.4 Å². The predicted molar refractivity (Wildman–Crippen MR) is 130 cm³/mol. The molecule has 0 aliphatic carbocycles. The van der Waals surface area contributed by atoms with Gasteiger partial charge in [-0.1, -0.05) is 35.3 Å². The molecule has 2 aromatic rings. The first-order valence-electron chi connectivity index (χ1n) is 10.6. The van der Waals surface area contributed by atoms with E-state index in [0.29, 0.717) is 5.69 Å². The number of nitrogens with one attached hydrogen (secondary N) is 1. The number of anilines is 1. The summed E-state index contributed by atoms with van der Waals surface area (Å²) in [6, 6.07) is 11.0. The quantitative estimate of drug-likeness (QED) is 0.651. The molecule has 0 bridgehead atoms. The van der Waals surface area contributed by atoms with E-state index in [1.165, 1.54) is 18.2 Å². The number of hydrogen-bond acceptors (Lipinski definition) is 4. The van der Waals surface area contributed by atoms with Crippen LogP contribution in [-0.2, 0) is 21.2 Å². The van der Waals surface area contributed by atoms with E-state index in [0.717, 1.165) is 38.2 Å². The first-order chi connectivity index (χ1) is 15.0. The first-order valence-corrected chi connectivity index (χ1v) is 12.8. The average Bonchev–Trinajstić information content (AvgIpc) is 2.98. The van der Waals surface area contributed by atoms with Crippen LogP contribution in [0.3, 0.4) is 0 Å². The third-order valence-electron chi connectivity index (χ3n) is 5.56. The lowest BCUT2D eigenvalue weighted by Crippen LogP contribution is -2.44. The van der Waals surface area contributed by atoms with Gasteiger partial charge in [0.15, 0.2) is 0 Å². The second-order valence-electron chi connectivity index (χ2n) is 8.95. The molecule has 0 unspecified atom stereocenters. The summed E-state index contributed by atoms with van der Waals surface area (Å²) in [5.41, 5.74) is 1.34. The lowest BCUT2D eigenvalue weighted by molar-refractivity contribution is -0.130. The molecule has 174 valence electrons. The van der Waals surface area contributed by atoms with Crippen molar-refractivity contribution in [1.29, 1.82) is 0 Å². The Hall–Kier alpha value is -1.80. The molecule has 1 amide bonds. The molecule has 1 saturated heterocycles. The minimum absolute atomic E-state index is 0.0246. The van der Waals surface area contributed by atoms with Gasteiger partial charge in [-0.2, -0.15) is 0 Å². The Morgan fingerprint density at radius 1 is 0.969 bits per heavy atom. The summed E-state index contributed by atoms with van der Waals surface area (Å²) in [5.74, 6) is 0.0879. The summed E-state index contributed by atoms with van der Waals surface area (Å²) < 4.78 is 27.7. The maximum absolute atomic E-state index is 12.8. The van der Waals surface area contributed by atoms with E-state index in [4.69, 9.17) is 23.2 Å². The Bertz CT molecular complexity index is 1070. The van der Waals surface area contributed by atoms with Crippen molar-refractivity contribution in [2.45, 2.75) is 44.0 Å². The second kappa shape index (κ2) is 10.00. The van der Waals surface area contributed by atoms with Crippen molar-refractivity contribution in [3.63, 3.8) is 0 Å². The number of rotatable bonds is 5. The van der Waals surface area contributed by atoms with Crippen LogP contribution in [0.4, 0.5) is 5.69 Å². The molecule has 0 radical (unpaired) electrons. The summed E-state index contributed by atoms with van der Waals surface area (Å²) >= 11 is 11.8. The van der Waals surface area contributed by atoms with Crippen LogP contribution in [0.25, 0.3) is 0 Å². The third kappa shape index (κ3) is 6.38. The van der Waals surface area contributed by atoms with Gasteiger partial charge < -0.3 is 4.90 Å². The molecule has 1 fully saturated rings. The molecule has 6 nitrogen and oxygen atoms in total. The van der Waals surface area contributed by atoms with Gasteiger partial charge in [0.05, 0.1) is 21.4 Å². The highest BCUT2D eigenvalue weighted by Gasteiger charge is 2.25. The van der Waals surface area contributed by atoms with Gasteiger partial charge in [-0.3, -0.25) is 14.4 Å². The second-order valence-corrected chi connectivity index (χ2v) is 11.4. The normalized spacial score (nSPS) is 16.0. The van der Waals surface area contributed by atoms with Gasteiger partial charge in [0.1, 0.15) is 0 Å². The van der Waals surface area contributed by atoms with E-state index in [-0.39, 0.29) is 32.8 Å². The van der Waals surface area contributed by atoms with Crippen LogP contribution in [0, 0.1) is 0 Å². The molecule has 0 saturated carbocycles. The molecule has 1 aliphatic heterocycles. The van der Waals surface area contributed by atoms with Crippen LogP contribution in [0.5, 0.6) is 0 Å². The number of carbonyl (C=O) groups is 1. The van der Waals surface area contributed by atoms with E-state index >= 15 is 0 Å². The van der Waals surface area contributed by atoms with E-state index in [9.17, 15) is 13.2 Å². The summed E-state index contributed by atoms with van der Waals surface area (Å²) in [6.07, 6.45) is 1.24. The van der Waals surface area contributed by atoms with Gasteiger partial charge in [-0.15, -0.1) is 0 Å². The number of benzene rings is 2. The molecular formula is C23H29Cl2N3O3S. The summed E-state index contributed by atoms with van der Waals surface area (Å²) in [5, 5.41) is 0.456. The molecule has 1 aliphatic rings. The van der Waals surface area contributed by atoms with Gasteiger partial charge in [-0.25, -0.2) is 8.42 Å². The van der Waals surface area contributed by atoms with Crippen LogP contribution < -0.4 is 4.72 Å². The van der Waals surface area contributed by atoms with Crippen LogP contribution in [0.2, 0.25) is 10.0 Å². The van der Waals surface area contributed by atoms with Crippen molar-refractivity contribution < 1.29 is 13.2 Å². The summed E-state index contributed by atoms with van der Waals surface area (Å²) in [4.78, 5) is 17.2. The number of nitrogens with zero attached hydrogens (tertiary/aromatic N) is 2. The van der Waals surface area contributed by atoms with Gasteiger partial charge in [0, 0.05) is 37.4 Å². The van der Waals surface area contributed by atoms with Crippen molar-refractivity contribution in [2.75, 3.05) is 30.9 Å². The molecule has 2 aromatic carbocycles. The number of carbonyl (C=O) groups excluding carboxylic acids is 1. The first kappa shape index (κ1) is 24.8. The Labute approximate surface area is 200 Å². The van der Waals surface area contributed by atoms with Crippen molar-refractivity contribution >= 4 is 44.8 Å². The zero-order valence-electron chi connectivity index (χ0n) is 18.6. The van der Waals surface area contributed by atoms with E-state index in [2.05, 4.69) is 30.4 Å².